The van der Waals surface area contributed by atoms with Crippen molar-refractivity contribution in [3.05, 3.63) is 52.6 Å². The van der Waals surface area contributed by atoms with Crippen LogP contribution >= 0.6 is 11.8 Å². The highest BCUT2D eigenvalue weighted by Gasteiger charge is 2.37. The molecule has 1 fully saturated rings. The minimum Gasteiger partial charge on any atom is -0.461 e. The first-order valence-electron chi connectivity index (χ1n) is 8.78. The molecule has 0 aliphatic carbocycles. The van der Waals surface area contributed by atoms with E-state index in [4.69, 9.17) is 9.15 Å². The van der Waals surface area contributed by atoms with E-state index in [0.29, 0.717) is 18.2 Å². The molecule has 152 valence electrons. The molecule has 6 nitrogen and oxygen atoms in total. The van der Waals surface area contributed by atoms with Gasteiger partial charge in [0.25, 0.3) is 11.1 Å². The highest BCUT2D eigenvalue weighted by molar-refractivity contribution is 8.18. The SMILES string of the molecule is CC[C@@H](C)OC(=O)CN1C(=O)S/C(=C/c2ccc(-c3ccc(F)cc3F)o2)C1=O. The number of benzene rings is 1. The van der Waals surface area contributed by atoms with Gasteiger partial charge in [0.15, 0.2) is 0 Å². The van der Waals surface area contributed by atoms with E-state index in [2.05, 4.69) is 0 Å². The summed E-state index contributed by atoms with van der Waals surface area (Å²) < 4.78 is 37.5. The van der Waals surface area contributed by atoms with Crippen LogP contribution in [-0.4, -0.2) is 34.7 Å². The number of esters is 1. The number of amides is 2. The number of nitrogens with zero attached hydrogens (tertiary/aromatic N) is 1. The summed E-state index contributed by atoms with van der Waals surface area (Å²) in [5, 5.41) is -0.598. The number of hydrogen-bond acceptors (Lipinski definition) is 6. The van der Waals surface area contributed by atoms with Gasteiger partial charge in [0.05, 0.1) is 16.6 Å². The van der Waals surface area contributed by atoms with Crippen molar-refractivity contribution in [1.82, 2.24) is 4.90 Å². The van der Waals surface area contributed by atoms with E-state index in [9.17, 15) is 23.2 Å². The fourth-order valence-corrected chi connectivity index (χ4v) is 3.32. The first kappa shape index (κ1) is 20.8. The van der Waals surface area contributed by atoms with Gasteiger partial charge in [-0.2, -0.15) is 0 Å². The second-order valence-electron chi connectivity index (χ2n) is 6.30. The first-order chi connectivity index (χ1) is 13.8. The zero-order valence-corrected chi connectivity index (χ0v) is 16.4. The lowest BCUT2D eigenvalue weighted by Gasteiger charge is -2.14. The summed E-state index contributed by atoms with van der Waals surface area (Å²) in [5.74, 6) is -2.46. The Kier molecular flexibility index (Phi) is 6.17. The molecule has 1 aromatic heterocycles. The highest BCUT2D eigenvalue weighted by Crippen LogP contribution is 2.33. The molecule has 2 amide bonds. The van der Waals surface area contributed by atoms with Crippen LogP contribution in [0.2, 0.25) is 0 Å². The monoisotopic (exact) mass is 421 g/mol. The van der Waals surface area contributed by atoms with Gasteiger partial charge in [0.2, 0.25) is 0 Å². The molecule has 2 aromatic rings. The van der Waals surface area contributed by atoms with E-state index >= 15 is 0 Å². The maximum Gasteiger partial charge on any atom is 0.326 e. The molecular formula is C20H17F2NO5S. The zero-order chi connectivity index (χ0) is 21.1. The van der Waals surface area contributed by atoms with Gasteiger partial charge < -0.3 is 9.15 Å². The Hall–Kier alpha value is -2.94. The Bertz CT molecular complexity index is 1000. The Morgan fingerprint density at radius 3 is 2.72 bits per heavy atom. The number of hydrogen-bond donors (Lipinski definition) is 0. The molecule has 2 heterocycles. The Balaban J connectivity index is 1.74. The number of thioether (sulfide) groups is 1. The van der Waals surface area contributed by atoms with Gasteiger partial charge in [0.1, 0.15) is 29.7 Å². The smallest absolute Gasteiger partial charge is 0.326 e. The van der Waals surface area contributed by atoms with Gasteiger partial charge in [-0.25, -0.2) is 8.78 Å². The molecule has 0 bridgehead atoms. The Labute approximate surface area is 169 Å². The van der Waals surface area contributed by atoms with Gasteiger partial charge in [-0.1, -0.05) is 6.92 Å². The number of carbonyl (C=O) groups is 3. The molecule has 1 aliphatic rings. The van der Waals surface area contributed by atoms with Crippen LogP contribution in [0, 0.1) is 11.6 Å². The highest BCUT2D eigenvalue weighted by atomic mass is 32.2. The van der Waals surface area contributed by atoms with E-state index in [0.717, 1.165) is 17.0 Å². The van der Waals surface area contributed by atoms with E-state index in [-0.39, 0.29) is 28.1 Å². The largest absolute Gasteiger partial charge is 0.461 e. The summed E-state index contributed by atoms with van der Waals surface area (Å²) in [6.07, 6.45) is 1.63. The Morgan fingerprint density at radius 2 is 2.03 bits per heavy atom. The quantitative estimate of drug-likeness (QED) is 0.501. The van der Waals surface area contributed by atoms with Gasteiger partial charge in [-0.05, 0) is 49.4 Å². The number of imide groups is 1. The van der Waals surface area contributed by atoms with Crippen molar-refractivity contribution in [2.75, 3.05) is 6.54 Å². The Morgan fingerprint density at radius 1 is 1.28 bits per heavy atom. The maximum absolute atomic E-state index is 13.9. The molecule has 0 N–H and O–H groups in total. The van der Waals surface area contributed by atoms with Gasteiger partial charge in [-0.15, -0.1) is 0 Å². The molecule has 1 saturated heterocycles. The molecule has 1 aliphatic heterocycles. The van der Waals surface area contributed by atoms with Crippen LogP contribution in [0.1, 0.15) is 26.0 Å². The van der Waals surface area contributed by atoms with Crippen molar-refractivity contribution < 1.29 is 32.3 Å². The summed E-state index contributed by atoms with van der Waals surface area (Å²) in [4.78, 5) is 37.2. The third kappa shape index (κ3) is 4.73. The predicted octanol–water partition coefficient (Wildman–Crippen LogP) is 4.60. The van der Waals surface area contributed by atoms with Crippen molar-refractivity contribution >= 4 is 35.0 Å². The third-order valence-corrected chi connectivity index (χ3v) is 5.07. The normalized spacial score (nSPS) is 16.6. The number of furan rings is 1. The lowest BCUT2D eigenvalue weighted by Crippen LogP contribution is -2.35. The van der Waals surface area contributed by atoms with E-state index in [1.807, 2.05) is 6.92 Å². The summed E-state index contributed by atoms with van der Waals surface area (Å²) in [6, 6.07) is 6.04. The molecule has 0 saturated carbocycles. The summed E-state index contributed by atoms with van der Waals surface area (Å²) in [7, 11) is 0. The minimum absolute atomic E-state index is 0.0619. The van der Waals surface area contributed by atoms with Crippen molar-refractivity contribution in [3.63, 3.8) is 0 Å². The average molecular weight is 421 g/mol. The molecule has 9 heteroatoms. The van der Waals surface area contributed by atoms with Gasteiger partial charge in [-0.3, -0.25) is 19.3 Å². The molecule has 0 radical (unpaired) electrons. The molecular weight excluding hydrogens is 404 g/mol. The van der Waals surface area contributed by atoms with Crippen LogP contribution in [-0.2, 0) is 14.3 Å². The van der Waals surface area contributed by atoms with E-state index < -0.39 is 35.3 Å². The summed E-state index contributed by atoms with van der Waals surface area (Å²) in [6.45, 7) is 3.08. The lowest BCUT2D eigenvalue weighted by molar-refractivity contribution is -0.150. The number of rotatable bonds is 6. The maximum atomic E-state index is 13.9. The molecule has 0 spiro atoms. The lowest BCUT2D eigenvalue weighted by atomic mass is 10.1. The van der Waals surface area contributed by atoms with E-state index in [1.165, 1.54) is 24.3 Å². The van der Waals surface area contributed by atoms with Crippen LogP contribution in [0.3, 0.4) is 0 Å². The van der Waals surface area contributed by atoms with Crippen LogP contribution in [0.4, 0.5) is 13.6 Å². The summed E-state index contributed by atoms with van der Waals surface area (Å²) in [5.41, 5.74) is 0.0620. The standard InChI is InChI=1S/C20H17F2NO5S/c1-3-11(2)27-18(24)10-23-19(25)17(29-20(23)26)9-13-5-7-16(28-13)14-6-4-12(21)8-15(14)22/h4-9,11H,3,10H2,1-2H3/b17-9+/t11-/m1/s1. The number of ether oxygens (including phenoxy) is 1. The second kappa shape index (κ2) is 8.60. The van der Waals surface area contributed by atoms with Crippen LogP contribution in [0.25, 0.3) is 17.4 Å². The zero-order valence-electron chi connectivity index (χ0n) is 15.6. The molecule has 29 heavy (non-hydrogen) atoms. The van der Waals surface area contributed by atoms with Crippen LogP contribution in [0.15, 0.2) is 39.7 Å². The molecule has 1 aromatic carbocycles. The fourth-order valence-electron chi connectivity index (χ4n) is 2.50. The minimum atomic E-state index is -0.786. The number of carbonyl (C=O) groups excluding carboxylic acids is 3. The van der Waals surface area contributed by atoms with E-state index in [1.54, 1.807) is 6.92 Å². The van der Waals surface area contributed by atoms with Crippen LogP contribution in [0.5, 0.6) is 0 Å². The molecule has 3 rings (SSSR count). The van der Waals surface area contributed by atoms with Crippen LogP contribution < -0.4 is 0 Å². The topological polar surface area (TPSA) is 76.8 Å². The fraction of sp³-hybridized carbons (Fsp3) is 0.250. The average Bonchev–Trinajstić information content (AvgIpc) is 3.22. The van der Waals surface area contributed by atoms with Crippen molar-refractivity contribution in [2.45, 2.75) is 26.4 Å². The predicted molar refractivity (Wildman–Crippen MR) is 103 cm³/mol. The summed E-state index contributed by atoms with van der Waals surface area (Å²) >= 11 is 0.661. The first-order valence-corrected chi connectivity index (χ1v) is 9.60. The van der Waals surface area contributed by atoms with Crippen molar-refractivity contribution in [3.8, 4) is 11.3 Å². The second-order valence-corrected chi connectivity index (χ2v) is 7.30. The molecule has 1 atom stereocenters. The van der Waals surface area contributed by atoms with Crippen molar-refractivity contribution in [2.24, 2.45) is 0 Å². The van der Waals surface area contributed by atoms with Gasteiger partial charge in [0, 0.05) is 12.1 Å². The third-order valence-electron chi connectivity index (χ3n) is 4.17. The van der Waals surface area contributed by atoms with Gasteiger partial charge >= 0.3 is 5.97 Å². The number of halogens is 2. The molecule has 0 unspecified atom stereocenters. The van der Waals surface area contributed by atoms with Crippen molar-refractivity contribution in [1.29, 1.82) is 0 Å².